The van der Waals surface area contributed by atoms with Crippen LogP contribution < -0.4 is 5.32 Å². The Bertz CT molecular complexity index is 274. The first kappa shape index (κ1) is 18.9. The van der Waals surface area contributed by atoms with Crippen LogP contribution in [0.2, 0.25) is 0 Å². The molecule has 1 saturated carbocycles. The molecule has 0 aromatic heterocycles. The van der Waals surface area contributed by atoms with Gasteiger partial charge < -0.3 is 10.4 Å². The summed E-state index contributed by atoms with van der Waals surface area (Å²) in [6.07, 6.45) is 7.19. The lowest BCUT2D eigenvalue weighted by molar-refractivity contribution is 0.0301. The number of hydrogen-bond acceptors (Lipinski definition) is 3. The zero-order chi connectivity index (χ0) is 15.9. The van der Waals surface area contributed by atoms with E-state index < -0.39 is 0 Å². The fourth-order valence-electron chi connectivity index (χ4n) is 4.12. The molecule has 0 heterocycles. The van der Waals surface area contributed by atoms with Crippen molar-refractivity contribution in [2.75, 3.05) is 19.7 Å². The summed E-state index contributed by atoms with van der Waals surface area (Å²) in [5.41, 5.74) is -0.0427. The van der Waals surface area contributed by atoms with Gasteiger partial charge in [0, 0.05) is 24.2 Å². The summed E-state index contributed by atoms with van der Waals surface area (Å²) in [4.78, 5) is 2.76. The second-order valence-corrected chi connectivity index (χ2v) is 7.28. The third-order valence-corrected chi connectivity index (χ3v) is 5.13. The normalized spacial score (nSPS) is 27.0. The van der Waals surface area contributed by atoms with E-state index in [0.29, 0.717) is 18.0 Å². The van der Waals surface area contributed by atoms with Crippen molar-refractivity contribution in [2.45, 2.75) is 90.8 Å². The standard InChI is InChI=1S/C18H38N2O/c1-6-16(7-2)20(13-15(4)5)17-10-9-11-18(12-17,14-21)19-8-3/h15-17,19,21H,6-14H2,1-5H3. The molecule has 3 nitrogen and oxygen atoms in total. The zero-order valence-corrected chi connectivity index (χ0v) is 15.0. The first-order valence-electron chi connectivity index (χ1n) is 9.13. The Balaban J connectivity index is 2.85. The van der Waals surface area contributed by atoms with Gasteiger partial charge in [-0.15, -0.1) is 0 Å². The molecule has 0 radical (unpaired) electrons. The number of nitrogens with zero attached hydrogens (tertiary/aromatic N) is 1. The van der Waals surface area contributed by atoms with Crippen LogP contribution in [0, 0.1) is 5.92 Å². The van der Waals surface area contributed by atoms with Crippen molar-refractivity contribution in [3.05, 3.63) is 0 Å². The molecule has 1 rings (SSSR count). The van der Waals surface area contributed by atoms with Crippen LogP contribution in [0.5, 0.6) is 0 Å². The molecule has 0 aliphatic heterocycles. The number of hydrogen-bond donors (Lipinski definition) is 2. The minimum Gasteiger partial charge on any atom is -0.394 e. The van der Waals surface area contributed by atoms with Gasteiger partial charge in [-0.05, 0) is 51.0 Å². The lowest BCUT2D eigenvalue weighted by atomic mass is 9.78. The van der Waals surface area contributed by atoms with Crippen LogP contribution in [0.3, 0.4) is 0 Å². The van der Waals surface area contributed by atoms with Gasteiger partial charge in [-0.25, -0.2) is 0 Å². The second kappa shape index (κ2) is 9.12. The van der Waals surface area contributed by atoms with Crippen molar-refractivity contribution in [3.63, 3.8) is 0 Å². The molecule has 21 heavy (non-hydrogen) atoms. The zero-order valence-electron chi connectivity index (χ0n) is 15.0. The van der Waals surface area contributed by atoms with Gasteiger partial charge in [-0.1, -0.05) is 34.6 Å². The minimum atomic E-state index is -0.0427. The average molecular weight is 299 g/mol. The van der Waals surface area contributed by atoms with Gasteiger partial charge in [0.1, 0.15) is 0 Å². The van der Waals surface area contributed by atoms with E-state index >= 15 is 0 Å². The summed E-state index contributed by atoms with van der Waals surface area (Å²) in [6.45, 7) is 13.8. The maximum atomic E-state index is 9.93. The van der Waals surface area contributed by atoms with Crippen molar-refractivity contribution < 1.29 is 5.11 Å². The van der Waals surface area contributed by atoms with E-state index in [1.807, 2.05) is 0 Å². The third-order valence-electron chi connectivity index (χ3n) is 5.13. The molecule has 0 amide bonds. The smallest absolute Gasteiger partial charge is 0.0613 e. The van der Waals surface area contributed by atoms with Gasteiger partial charge in [0.2, 0.25) is 0 Å². The highest BCUT2D eigenvalue weighted by Crippen LogP contribution is 2.33. The second-order valence-electron chi connectivity index (χ2n) is 7.28. The van der Waals surface area contributed by atoms with E-state index in [0.717, 1.165) is 19.4 Å². The predicted octanol–water partition coefficient (Wildman–Crippen LogP) is 3.42. The first-order valence-corrected chi connectivity index (χ1v) is 9.13. The molecule has 0 bridgehead atoms. The highest BCUT2D eigenvalue weighted by atomic mass is 16.3. The molecule has 0 aromatic rings. The Morgan fingerprint density at radius 2 is 1.90 bits per heavy atom. The fraction of sp³-hybridized carbons (Fsp3) is 1.00. The van der Waals surface area contributed by atoms with E-state index in [4.69, 9.17) is 0 Å². The fourth-order valence-corrected chi connectivity index (χ4v) is 4.12. The minimum absolute atomic E-state index is 0.0427. The number of aliphatic hydroxyl groups excluding tert-OH is 1. The summed E-state index contributed by atoms with van der Waals surface area (Å²) in [5.74, 6) is 0.704. The quantitative estimate of drug-likeness (QED) is 0.685. The molecule has 2 N–H and O–H groups in total. The van der Waals surface area contributed by atoms with Crippen LogP contribution >= 0.6 is 0 Å². The van der Waals surface area contributed by atoms with Crippen LogP contribution in [-0.2, 0) is 0 Å². The lowest BCUT2D eigenvalue weighted by Gasteiger charge is -2.47. The molecular weight excluding hydrogens is 260 g/mol. The first-order chi connectivity index (χ1) is 10.0. The van der Waals surface area contributed by atoms with E-state index in [1.54, 1.807) is 0 Å². The van der Waals surface area contributed by atoms with Crippen LogP contribution in [0.4, 0.5) is 0 Å². The number of rotatable bonds is 9. The van der Waals surface area contributed by atoms with Gasteiger partial charge >= 0.3 is 0 Å². The van der Waals surface area contributed by atoms with Crippen molar-refractivity contribution in [3.8, 4) is 0 Å². The Morgan fingerprint density at radius 1 is 1.24 bits per heavy atom. The number of likely N-dealkylation sites (N-methyl/N-ethyl adjacent to an activating group) is 1. The molecule has 2 unspecified atom stereocenters. The molecule has 2 atom stereocenters. The average Bonchev–Trinajstić information content (AvgIpc) is 2.47. The highest BCUT2D eigenvalue weighted by Gasteiger charge is 2.38. The summed E-state index contributed by atoms with van der Waals surface area (Å²) in [6, 6.07) is 1.31. The van der Waals surface area contributed by atoms with Crippen LogP contribution in [0.1, 0.15) is 73.1 Å². The molecule has 0 aromatic carbocycles. The monoisotopic (exact) mass is 298 g/mol. The molecule has 0 saturated heterocycles. The molecular formula is C18H38N2O. The Kier molecular flexibility index (Phi) is 8.22. The van der Waals surface area contributed by atoms with Crippen LogP contribution in [0.15, 0.2) is 0 Å². The largest absolute Gasteiger partial charge is 0.394 e. The molecule has 3 heteroatoms. The van der Waals surface area contributed by atoms with E-state index in [1.165, 1.54) is 32.2 Å². The number of aliphatic hydroxyl groups is 1. The molecule has 126 valence electrons. The van der Waals surface area contributed by atoms with E-state index in [9.17, 15) is 5.11 Å². The van der Waals surface area contributed by atoms with E-state index in [2.05, 4.69) is 44.8 Å². The van der Waals surface area contributed by atoms with Crippen LogP contribution in [-0.4, -0.2) is 47.3 Å². The van der Waals surface area contributed by atoms with E-state index in [-0.39, 0.29) is 12.1 Å². The molecule has 1 aliphatic rings. The SMILES string of the molecule is CCNC1(CO)CCCC(N(CC(C)C)C(CC)CC)C1. The Hall–Kier alpha value is -0.120. The van der Waals surface area contributed by atoms with Crippen molar-refractivity contribution in [2.24, 2.45) is 5.92 Å². The Labute approximate surface area is 132 Å². The summed E-state index contributed by atoms with van der Waals surface area (Å²) in [7, 11) is 0. The summed E-state index contributed by atoms with van der Waals surface area (Å²) in [5, 5.41) is 13.5. The molecule has 0 spiro atoms. The van der Waals surface area contributed by atoms with Crippen molar-refractivity contribution in [1.29, 1.82) is 0 Å². The maximum Gasteiger partial charge on any atom is 0.0613 e. The maximum absolute atomic E-state index is 9.93. The van der Waals surface area contributed by atoms with Gasteiger partial charge in [-0.2, -0.15) is 0 Å². The topological polar surface area (TPSA) is 35.5 Å². The highest BCUT2D eigenvalue weighted by molar-refractivity contribution is 4.97. The van der Waals surface area contributed by atoms with Crippen molar-refractivity contribution in [1.82, 2.24) is 10.2 Å². The summed E-state index contributed by atoms with van der Waals surface area (Å²) >= 11 is 0. The number of nitrogens with one attached hydrogen (secondary N) is 1. The summed E-state index contributed by atoms with van der Waals surface area (Å²) < 4.78 is 0. The van der Waals surface area contributed by atoms with Crippen LogP contribution in [0.25, 0.3) is 0 Å². The van der Waals surface area contributed by atoms with Crippen molar-refractivity contribution >= 4 is 0 Å². The van der Waals surface area contributed by atoms with Gasteiger partial charge in [0.25, 0.3) is 0 Å². The lowest BCUT2D eigenvalue weighted by Crippen LogP contribution is -2.57. The van der Waals surface area contributed by atoms with Gasteiger partial charge in [-0.3, -0.25) is 4.90 Å². The molecule has 1 aliphatic carbocycles. The predicted molar refractivity (Wildman–Crippen MR) is 91.7 cm³/mol. The third kappa shape index (κ3) is 5.22. The Morgan fingerprint density at radius 3 is 2.38 bits per heavy atom. The van der Waals surface area contributed by atoms with Gasteiger partial charge in [0.05, 0.1) is 6.61 Å². The van der Waals surface area contributed by atoms with Gasteiger partial charge in [0.15, 0.2) is 0 Å². The molecule has 1 fully saturated rings.